The third-order valence-corrected chi connectivity index (χ3v) is 6.32. The Morgan fingerprint density at radius 3 is 1.94 bits per heavy atom. The normalized spacial score (nSPS) is 11.0. The summed E-state index contributed by atoms with van der Waals surface area (Å²) in [4.78, 5) is 0. The molecule has 1 nitrogen and oxygen atoms in total. The van der Waals surface area contributed by atoms with E-state index >= 15 is 0 Å². The van der Waals surface area contributed by atoms with Crippen molar-refractivity contribution in [2.75, 3.05) is 6.61 Å². The molecule has 0 aliphatic rings. The molecule has 0 saturated carbocycles. The lowest BCUT2D eigenvalue weighted by Gasteiger charge is -2.10. The Morgan fingerprint density at radius 1 is 0.625 bits per heavy atom. The van der Waals surface area contributed by atoms with Crippen LogP contribution in [0.4, 0.5) is 0 Å². The molecule has 3 aromatic rings. The van der Waals surface area contributed by atoms with Crippen LogP contribution in [0.3, 0.4) is 0 Å². The zero-order chi connectivity index (χ0) is 22.6. The maximum Gasteiger partial charge on any atom is 0.119 e. The Balaban J connectivity index is 1.56. The van der Waals surface area contributed by atoms with Crippen molar-refractivity contribution in [2.24, 2.45) is 0 Å². The minimum atomic E-state index is 0.776. The molecule has 2 heteroatoms. The molecule has 0 N–H and O–H groups in total. The summed E-state index contributed by atoms with van der Waals surface area (Å²) in [6.07, 6.45) is 11.3. The van der Waals surface area contributed by atoms with Crippen LogP contribution < -0.4 is 4.74 Å². The minimum absolute atomic E-state index is 0.776. The average molecular weight is 449 g/mol. The predicted octanol–water partition coefficient (Wildman–Crippen LogP) is 9.76. The molecule has 32 heavy (non-hydrogen) atoms. The number of ether oxygens (including phenoxy) is 1. The number of halogens is 1. The topological polar surface area (TPSA) is 9.23 Å². The van der Waals surface area contributed by atoms with Gasteiger partial charge in [-0.3, -0.25) is 0 Å². The van der Waals surface area contributed by atoms with E-state index in [1.165, 1.54) is 56.1 Å². The fourth-order valence-corrected chi connectivity index (χ4v) is 4.27. The van der Waals surface area contributed by atoms with Gasteiger partial charge in [0.1, 0.15) is 5.75 Å². The van der Waals surface area contributed by atoms with Gasteiger partial charge < -0.3 is 4.74 Å². The highest BCUT2D eigenvalue weighted by Crippen LogP contribution is 2.33. The summed E-state index contributed by atoms with van der Waals surface area (Å²) in [5, 5.41) is 0.776. The Bertz CT molecular complexity index is 928. The summed E-state index contributed by atoms with van der Waals surface area (Å²) in [6, 6.07) is 23.5. The standard InChI is InChI=1S/C30H37ClO/c1-3-5-7-8-9-10-22-32-28-19-16-26(17-20-28)29-21-18-27(23-30(29)31)25-14-12-24(13-15-25)11-6-4-2/h12-21,23H,3-11,22H2,1-2H3. The highest BCUT2D eigenvalue weighted by Gasteiger charge is 2.07. The fraction of sp³-hybridized carbons (Fsp3) is 0.400. The lowest BCUT2D eigenvalue weighted by Crippen LogP contribution is -1.97. The molecule has 0 atom stereocenters. The molecule has 3 aromatic carbocycles. The van der Waals surface area contributed by atoms with Gasteiger partial charge in [0.15, 0.2) is 0 Å². The highest BCUT2D eigenvalue weighted by molar-refractivity contribution is 6.33. The van der Waals surface area contributed by atoms with Crippen LogP contribution in [0.25, 0.3) is 22.3 Å². The molecule has 0 unspecified atom stereocenters. The summed E-state index contributed by atoms with van der Waals surface area (Å²) < 4.78 is 5.91. The van der Waals surface area contributed by atoms with Gasteiger partial charge in [0.25, 0.3) is 0 Å². The zero-order valence-electron chi connectivity index (χ0n) is 19.7. The molecular weight excluding hydrogens is 412 g/mol. The van der Waals surface area contributed by atoms with E-state index in [0.717, 1.165) is 46.9 Å². The maximum absolute atomic E-state index is 6.68. The Kier molecular flexibility index (Phi) is 10.2. The van der Waals surface area contributed by atoms with Crippen molar-refractivity contribution in [3.63, 3.8) is 0 Å². The zero-order valence-corrected chi connectivity index (χ0v) is 20.5. The molecule has 0 aliphatic carbocycles. The van der Waals surface area contributed by atoms with Crippen LogP contribution in [0.2, 0.25) is 5.02 Å². The molecule has 0 amide bonds. The van der Waals surface area contributed by atoms with Crippen LogP contribution in [0.5, 0.6) is 5.75 Å². The van der Waals surface area contributed by atoms with Gasteiger partial charge in [-0.15, -0.1) is 0 Å². The van der Waals surface area contributed by atoms with Crippen molar-refractivity contribution >= 4 is 11.6 Å². The molecule has 0 spiro atoms. The molecule has 0 radical (unpaired) electrons. The van der Waals surface area contributed by atoms with E-state index in [9.17, 15) is 0 Å². The van der Waals surface area contributed by atoms with Crippen molar-refractivity contribution in [1.82, 2.24) is 0 Å². The van der Waals surface area contributed by atoms with Gasteiger partial charge in [-0.1, -0.05) is 113 Å². The summed E-state index contributed by atoms with van der Waals surface area (Å²) in [6.45, 7) is 5.27. The van der Waals surface area contributed by atoms with Crippen LogP contribution >= 0.6 is 11.6 Å². The molecule has 0 bridgehead atoms. The van der Waals surface area contributed by atoms with Crippen LogP contribution in [0, 0.1) is 0 Å². The van der Waals surface area contributed by atoms with Crippen molar-refractivity contribution in [3.8, 4) is 28.0 Å². The van der Waals surface area contributed by atoms with E-state index in [1.807, 2.05) is 12.1 Å². The second kappa shape index (κ2) is 13.3. The van der Waals surface area contributed by atoms with Gasteiger partial charge in [0.05, 0.1) is 6.61 Å². The lowest BCUT2D eigenvalue weighted by atomic mass is 9.98. The molecule has 170 valence electrons. The number of aryl methyl sites for hydroxylation is 1. The van der Waals surface area contributed by atoms with Gasteiger partial charge in [-0.25, -0.2) is 0 Å². The number of hydrogen-bond acceptors (Lipinski definition) is 1. The molecule has 0 fully saturated rings. The van der Waals surface area contributed by atoms with E-state index in [1.54, 1.807) is 0 Å². The quantitative estimate of drug-likeness (QED) is 0.236. The summed E-state index contributed by atoms with van der Waals surface area (Å²) in [7, 11) is 0. The smallest absolute Gasteiger partial charge is 0.119 e. The molecule has 0 aromatic heterocycles. The second-order valence-electron chi connectivity index (χ2n) is 8.64. The van der Waals surface area contributed by atoms with Gasteiger partial charge in [-0.05, 0) is 59.7 Å². The van der Waals surface area contributed by atoms with Crippen LogP contribution in [0.15, 0.2) is 66.7 Å². The summed E-state index contributed by atoms with van der Waals surface area (Å²) >= 11 is 6.68. The van der Waals surface area contributed by atoms with Crippen molar-refractivity contribution < 1.29 is 4.74 Å². The highest BCUT2D eigenvalue weighted by atomic mass is 35.5. The Labute approximate surface area is 199 Å². The van der Waals surface area contributed by atoms with E-state index in [2.05, 4.69) is 68.4 Å². The SMILES string of the molecule is CCCCCCCCOc1ccc(-c2ccc(-c3ccc(CCCC)cc3)cc2Cl)cc1. The van der Waals surface area contributed by atoms with Crippen LogP contribution in [-0.4, -0.2) is 6.61 Å². The number of rotatable bonds is 13. The fourth-order valence-electron chi connectivity index (χ4n) is 3.98. The largest absolute Gasteiger partial charge is 0.494 e. The van der Waals surface area contributed by atoms with E-state index in [4.69, 9.17) is 16.3 Å². The first-order valence-electron chi connectivity index (χ1n) is 12.3. The van der Waals surface area contributed by atoms with Gasteiger partial charge in [0, 0.05) is 10.6 Å². The van der Waals surface area contributed by atoms with Gasteiger partial charge >= 0.3 is 0 Å². The molecule has 0 aliphatic heterocycles. The van der Waals surface area contributed by atoms with Crippen LogP contribution in [0.1, 0.15) is 70.8 Å². The van der Waals surface area contributed by atoms with E-state index < -0.39 is 0 Å². The number of benzene rings is 3. The maximum atomic E-state index is 6.68. The van der Waals surface area contributed by atoms with Gasteiger partial charge in [-0.2, -0.15) is 0 Å². The average Bonchev–Trinajstić information content (AvgIpc) is 2.83. The lowest BCUT2D eigenvalue weighted by molar-refractivity contribution is 0.304. The Morgan fingerprint density at radius 2 is 1.25 bits per heavy atom. The molecule has 0 saturated heterocycles. The molecular formula is C30H37ClO. The monoisotopic (exact) mass is 448 g/mol. The van der Waals surface area contributed by atoms with Crippen LogP contribution in [-0.2, 0) is 6.42 Å². The summed E-state index contributed by atoms with van der Waals surface area (Å²) in [5.74, 6) is 0.929. The summed E-state index contributed by atoms with van der Waals surface area (Å²) in [5.41, 5.74) is 5.93. The third-order valence-electron chi connectivity index (χ3n) is 6.01. The van der Waals surface area contributed by atoms with Crippen molar-refractivity contribution in [3.05, 3.63) is 77.3 Å². The van der Waals surface area contributed by atoms with E-state index in [0.29, 0.717) is 0 Å². The number of unbranched alkanes of at least 4 members (excludes halogenated alkanes) is 6. The third kappa shape index (κ3) is 7.41. The Hall–Kier alpha value is -2.25. The van der Waals surface area contributed by atoms with Crippen molar-refractivity contribution in [2.45, 2.75) is 71.6 Å². The van der Waals surface area contributed by atoms with Crippen molar-refractivity contribution in [1.29, 1.82) is 0 Å². The predicted molar refractivity (Wildman–Crippen MR) is 140 cm³/mol. The second-order valence-corrected chi connectivity index (χ2v) is 9.04. The first kappa shape index (κ1) is 24.4. The van der Waals surface area contributed by atoms with E-state index in [-0.39, 0.29) is 0 Å². The first-order chi connectivity index (χ1) is 15.7. The van der Waals surface area contributed by atoms with Gasteiger partial charge in [0.2, 0.25) is 0 Å². The number of hydrogen-bond donors (Lipinski definition) is 0. The molecule has 3 rings (SSSR count). The molecule has 0 heterocycles. The first-order valence-corrected chi connectivity index (χ1v) is 12.7. The minimum Gasteiger partial charge on any atom is -0.494 e.